The van der Waals surface area contributed by atoms with E-state index < -0.39 is 22.0 Å². The van der Waals surface area contributed by atoms with Crippen molar-refractivity contribution < 1.29 is 13.2 Å². The quantitative estimate of drug-likeness (QED) is 0.631. The number of hydrogen-bond acceptors (Lipinski definition) is 3. The Morgan fingerprint density at radius 3 is 2.28 bits per heavy atom. The number of sulfonamides is 1. The van der Waals surface area contributed by atoms with Crippen LogP contribution in [0.15, 0.2) is 36.4 Å². The number of amides is 1. The first-order valence-electron chi connectivity index (χ1n) is 9.41. The average Bonchev–Trinajstić information content (AvgIpc) is 2.67. The van der Waals surface area contributed by atoms with Gasteiger partial charge in [-0.25, -0.2) is 8.42 Å². The van der Waals surface area contributed by atoms with E-state index in [0.29, 0.717) is 11.6 Å². The van der Waals surface area contributed by atoms with Gasteiger partial charge >= 0.3 is 0 Å². The summed E-state index contributed by atoms with van der Waals surface area (Å²) in [5.41, 5.74) is 3.66. The fourth-order valence-corrected chi connectivity index (χ4v) is 4.63. The minimum Gasteiger partial charge on any atom is -0.350 e. The molecular formula is C21H26Cl2N2O3S. The molecule has 0 aliphatic carbocycles. The SMILES string of the molecule is CCc1ccc(CC)c(CNC(=O)[C@@H](C)N(c2ccc(Cl)c(Cl)c2)S(C)(=O)=O)c1. The van der Waals surface area contributed by atoms with Gasteiger partial charge in [-0.2, -0.15) is 0 Å². The smallest absolute Gasteiger partial charge is 0.243 e. The molecule has 0 radical (unpaired) electrons. The molecule has 5 nitrogen and oxygen atoms in total. The number of carbonyl (C=O) groups excluding carboxylic acids is 1. The van der Waals surface area contributed by atoms with Crippen LogP contribution in [0, 0.1) is 0 Å². The Morgan fingerprint density at radius 2 is 1.72 bits per heavy atom. The summed E-state index contributed by atoms with van der Waals surface area (Å²) in [5, 5.41) is 3.40. The van der Waals surface area contributed by atoms with E-state index in [1.165, 1.54) is 23.8 Å². The van der Waals surface area contributed by atoms with E-state index in [-0.39, 0.29) is 10.7 Å². The molecule has 2 aromatic carbocycles. The molecule has 0 aromatic heterocycles. The first kappa shape index (κ1) is 23.5. The summed E-state index contributed by atoms with van der Waals surface area (Å²) in [6.45, 7) is 6.01. The summed E-state index contributed by atoms with van der Waals surface area (Å²) in [6, 6.07) is 9.75. The largest absolute Gasteiger partial charge is 0.350 e. The lowest BCUT2D eigenvalue weighted by Gasteiger charge is -2.28. The van der Waals surface area contributed by atoms with Crippen LogP contribution in [0.4, 0.5) is 5.69 Å². The van der Waals surface area contributed by atoms with Gasteiger partial charge in [-0.05, 0) is 54.7 Å². The van der Waals surface area contributed by atoms with E-state index in [9.17, 15) is 13.2 Å². The fraction of sp³-hybridized carbons (Fsp3) is 0.381. The summed E-state index contributed by atoms with van der Waals surface area (Å²) in [7, 11) is -3.73. The molecule has 0 unspecified atom stereocenters. The Hall–Kier alpha value is -1.76. The number of rotatable bonds is 8. The number of aryl methyl sites for hydroxylation is 2. The van der Waals surface area contributed by atoms with Gasteiger partial charge in [0, 0.05) is 6.54 Å². The lowest BCUT2D eigenvalue weighted by Crippen LogP contribution is -2.47. The van der Waals surface area contributed by atoms with Gasteiger partial charge < -0.3 is 5.32 Å². The number of benzene rings is 2. The maximum Gasteiger partial charge on any atom is 0.243 e. The summed E-state index contributed by atoms with van der Waals surface area (Å²) < 4.78 is 25.9. The third kappa shape index (κ3) is 5.87. The molecule has 0 bridgehead atoms. The minimum absolute atomic E-state index is 0.217. The molecule has 29 heavy (non-hydrogen) atoms. The average molecular weight is 457 g/mol. The number of anilines is 1. The molecule has 0 saturated heterocycles. The van der Waals surface area contributed by atoms with E-state index >= 15 is 0 Å². The summed E-state index contributed by atoms with van der Waals surface area (Å²) in [6.07, 6.45) is 2.81. The van der Waals surface area contributed by atoms with E-state index in [2.05, 4.69) is 37.4 Å². The van der Waals surface area contributed by atoms with Crippen molar-refractivity contribution in [2.75, 3.05) is 10.6 Å². The van der Waals surface area contributed by atoms with Crippen LogP contribution in [-0.4, -0.2) is 26.6 Å². The standard InChI is InChI=1S/C21H26Cl2N2O3S/c1-5-15-7-8-16(6-2)17(11-15)13-24-21(26)14(3)25(29(4,27)28)18-9-10-19(22)20(23)12-18/h7-12,14H,5-6,13H2,1-4H3,(H,24,26)/t14-/m1/s1. The predicted octanol–water partition coefficient (Wildman–Crippen LogP) is 4.59. The van der Waals surface area contributed by atoms with Crippen molar-refractivity contribution in [3.05, 3.63) is 63.1 Å². The van der Waals surface area contributed by atoms with E-state index in [0.717, 1.165) is 34.5 Å². The molecule has 0 aliphatic heterocycles. The normalized spacial score (nSPS) is 12.5. The van der Waals surface area contributed by atoms with Gasteiger partial charge in [0.05, 0.1) is 22.0 Å². The molecule has 1 N–H and O–H groups in total. The number of nitrogens with one attached hydrogen (secondary N) is 1. The fourth-order valence-electron chi connectivity index (χ4n) is 3.17. The molecule has 0 saturated carbocycles. The highest BCUT2D eigenvalue weighted by Gasteiger charge is 2.29. The van der Waals surface area contributed by atoms with Crippen LogP contribution in [0.1, 0.15) is 37.5 Å². The summed E-state index contributed by atoms with van der Waals surface area (Å²) in [5.74, 6) is -0.398. The van der Waals surface area contributed by atoms with Crippen LogP contribution in [-0.2, 0) is 34.2 Å². The van der Waals surface area contributed by atoms with Crippen LogP contribution in [0.25, 0.3) is 0 Å². The highest BCUT2D eigenvalue weighted by atomic mass is 35.5. The summed E-state index contributed by atoms with van der Waals surface area (Å²) in [4.78, 5) is 12.8. The predicted molar refractivity (Wildman–Crippen MR) is 120 cm³/mol. The van der Waals surface area contributed by atoms with Gasteiger partial charge in [0.25, 0.3) is 0 Å². The maximum absolute atomic E-state index is 12.8. The van der Waals surface area contributed by atoms with Gasteiger partial charge in [-0.3, -0.25) is 9.10 Å². The van der Waals surface area contributed by atoms with Crippen LogP contribution in [0.5, 0.6) is 0 Å². The molecule has 0 fully saturated rings. The first-order valence-corrected chi connectivity index (χ1v) is 12.0. The monoisotopic (exact) mass is 456 g/mol. The van der Waals surface area contributed by atoms with Gasteiger partial charge in [0.2, 0.25) is 15.9 Å². The van der Waals surface area contributed by atoms with Crippen molar-refractivity contribution in [3.63, 3.8) is 0 Å². The van der Waals surface area contributed by atoms with Crippen molar-refractivity contribution in [2.24, 2.45) is 0 Å². The second-order valence-corrected chi connectivity index (χ2v) is 9.54. The zero-order chi connectivity index (χ0) is 21.8. The third-order valence-electron chi connectivity index (χ3n) is 4.76. The zero-order valence-electron chi connectivity index (χ0n) is 17.0. The first-order chi connectivity index (χ1) is 13.6. The molecule has 0 aliphatic rings. The molecule has 0 heterocycles. The van der Waals surface area contributed by atoms with Gasteiger partial charge in [-0.15, -0.1) is 0 Å². The Labute approximate surface area is 183 Å². The van der Waals surface area contributed by atoms with Crippen molar-refractivity contribution in [1.29, 1.82) is 0 Å². The van der Waals surface area contributed by atoms with Crippen LogP contribution in [0.3, 0.4) is 0 Å². The van der Waals surface area contributed by atoms with Crippen molar-refractivity contribution in [3.8, 4) is 0 Å². The third-order valence-corrected chi connectivity index (χ3v) is 6.74. The molecular weight excluding hydrogens is 431 g/mol. The second-order valence-electron chi connectivity index (χ2n) is 6.86. The highest BCUT2D eigenvalue weighted by Crippen LogP contribution is 2.29. The molecule has 0 spiro atoms. The Balaban J connectivity index is 2.25. The van der Waals surface area contributed by atoms with E-state index in [4.69, 9.17) is 23.2 Å². The number of halogens is 2. The van der Waals surface area contributed by atoms with Gasteiger partial charge in [0.15, 0.2) is 0 Å². The van der Waals surface area contributed by atoms with Crippen LogP contribution >= 0.6 is 23.2 Å². The molecule has 2 aromatic rings. The van der Waals surface area contributed by atoms with Crippen LogP contribution < -0.4 is 9.62 Å². The second kappa shape index (κ2) is 9.83. The highest BCUT2D eigenvalue weighted by molar-refractivity contribution is 7.92. The lowest BCUT2D eigenvalue weighted by molar-refractivity contribution is -0.122. The Kier molecular flexibility index (Phi) is 7.97. The molecule has 1 amide bonds. The van der Waals surface area contributed by atoms with Crippen molar-refractivity contribution in [2.45, 2.75) is 46.2 Å². The lowest BCUT2D eigenvalue weighted by atomic mass is 10.0. The topological polar surface area (TPSA) is 66.5 Å². The molecule has 2 rings (SSSR count). The summed E-state index contributed by atoms with van der Waals surface area (Å²) >= 11 is 12.0. The Morgan fingerprint density at radius 1 is 1.03 bits per heavy atom. The van der Waals surface area contributed by atoms with Crippen molar-refractivity contribution >= 4 is 44.8 Å². The van der Waals surface area contributed by atoms with E-state index in [1.54, 1.807) is 6.92 Å². The minimum atomic E-state index is -3.73. The molecule has 158 valence electrons. The van der Waals surface area contributed by atoms with Gasteiger partial charge in [0.1, 0.15) is 6.04 Å². The van der Waals surface area contributed by atoms with Crippen LogP contribution in [0.2, 0.25) is 10.0 Å². The van der Waals surface area contributed by atoms with E-state index in [1.807, 2.05) is 0 Å². The van der Waals surface area contributed by atoms with Gasteiger partial charge in [-0.1, -0.05) is 55.2 Å². The Bertz CT molecular complexity index is 993. The number of carbonyl (C=O) groups is 1. The molecule has 8 heteroatoms. The van der Waals surface area contributed by atoms with Crippen molar-refractivity contribution in [1.82, 2.24) is 5.32 Å². The molecule has 1 atom stereocenters. The number of hydrogen-bond donors (Lipinski definition) is 1. The maximum atomic E-state index is 12.8. The number of nitrogens with zero attached hydrogens (tertiary/aromatic N) is 1. The zero-order valence-corrected chi connectivity index (χ0v) is 19.3.